The van der Waals surface area contributed by atoms with Crippen LogP contribution in [-0.4, -0.2) is 16.8 Å². The molecule has 1 aromatic rings. The molecule has 1 aromatic heterocycles. The van der Waals surface area contributed by atoms with Gasteiger partial charge in [-0.05, 0) is 24.8 Å². The summed E-state index contributed by atoms with van der Waals surface area (Å²) in [5.74, 6) is 1.20. The maximum Gasteiger partial charge on any atom is 0.345 e. The number of hydrogen-bond donors (Lipinski definition) is 1. The molecule has 0 atom stereocenters. The Bertz CT molecular complexity index is 329. The van der Waals surface area contributed by atoms with Crippen molar-refractivity contribution in [2.45, 2.75) is 24.2 Å². The van der Waals surface area contributed by atoms with Gasteiger partial charge in [-0.2, -0.15) is 0 Å². The van der Waals surface area contributed by atoms with Crippen molar-refractivity contribution in [3.8, 4) is 0 Å². The normalized spacial score (nSPS) is 16.6. The van der Waals surface area contributed by atoms with E-state index in [4.69, 9.17) is 5.11 Å². The monoisotopic (exact) mass is 228 g/mol. The van der Waals surface area contributed by atoms with Gasteiger partial charge in [0, 0.05) is 16.0 Å². The van der Waals surface area contributed by atoms with Gasteiger partial charge in [0.1, 0.15) is 4.88 Å². The predicted octanol–water partition coefficient (Wildman–Crippen LogP) is 3.34. The van der Waals surface area contributed by atoms with Crippen LogP contribution in [0.3, 0.4) is 0 Å². The van der Waals surface area contributed by atoms with Gasteiger partial charge in [0.25, 0.3) is 0 Å². The summed E-state index contributed by atoms with van der Waals surface area (Å²) in [4.78, 5) is 12.2. The number of hydrogen-bond acceptors (Lipinski definition) is 3. The number of thioether (sulfide) groups is 1. The average Bonchev–Trinajstić information content (AvgIpc) is 2.50. The van der Waals surface area contributed by atoms with Gasteiger partial charge in [-0.25, -0.2) is 4.79 Å². The third-order valence-corrected chi connectivity index (χ3v) is 4.77. The number of thiophene rings is 1. The third kappa shape index (κ3) is 2.30. The topological polar surface area (TPSA) is 37.3 Å². The molecule has 0 bridgehead atoms. The van der Waals surface area contributed by atoms with E-state index in [9.17, 15) is 4.79 Å². The van der Waals surface area contributed by atoms with Crippen LogP contribution in [0.4, 0.5) is 0 Å². The fourth-order valence-corrected chi connectivity index (χ4v) is 3.44. The second-order valence-electron chi connectivity index (χ2n) is 3.56. The molecular weight excluding hydrogens is 216 g/mol. The zero-order valence-corrected chi connectivity index (χ0v) is 9.37. The van der Waals surface area contributed by atoms with Gasteiger partial charge < -0.3 is 5.11 Å². The minimum absolute atomic E-state index is 0.445. The molecule has 1 N–H and O–H groups in total. The zero-order valence-electron chi connectivity index (χ0n) is 7.73. The van der Waals surface area contributed by atoms with Gasteiger partial charge in [0.2, 0.25) is 0 Å². The Labute approximate surface area is 91.3 Å². The lowest BCUT2D eigenvalue weighted by Crippen LogP contribution is -2.12. The lowest BCUT2D eigenvalue weighted by molar-refractivity contribution is 0.0702. The highest BCUT2D eigenvalue weighted by molar-refractivity contribution is 7.99. The summed E-state index contributed by atoms with van der Waals surface area (Å²) in [5.41, 5.74) is 0. The maximum atomic E-state index is 10.6. The molecule has 2 rings (SSSR count). The summed E-state index contributed by atoms with van der Waals surface area (Å²) < 4.78 is 0. The van der Waals surface area contributed by atoms with E-state index in [0.717, 1.165) is 16.6 Å². The first-order chi connectivity index (χ1) is 6.75. The van der Waals surface area contributed by atoms with Gasteiger partial charge in [0.05, 0.1) is 0 Å². The number of rotatable bonds is 4. The van der Waals surface area contributed by atoms with Crippen molar-refractivity contribution < 1.29 is 9.90 Å². The summed E-state index contributed by atoms with van der Waals surface area (Å²) in [5, 5.41) is 10.7. The minimum atomic E-state index is -0.814. The Balaban J connectivity index is 1.86. The van der Waals surface area contributed by atoms with Crippen LogP contribution in [0.15, 0.2) is 16.3 Å². The van der Waals surface area contributed by atoms with Crippen molar-refractivity contribution >= 4 is 29.1 Å². The second-order valence-corrected chi connectivity index (χ2v) is 5.56. The Hall–Kier alpha value is -0.480. The van der Waals surface area contributed by atoms with Crippen molar-refractivity contribution in [3.05, 3.63) is 16.3 Å². The molecule has 2 nitrogen and oxygen atoms in total. The molecule has 76 valence electrons. The molecule has 0 spiro atoms. The van der Waals surface area contributed by atoms with Crippen LogP contribution in [0.25, 0.3) is 0 Å². The van der Waals surface area contributed by atoms with Gasteiger partial charge in [-0.15, -0.1) is 23.1 Å². The Morgan fingerprint density at radius 1 is 1.64 bits per heavy atom. The van der Waals surface area contributed by atoms with Crippen LogP contribution in [0.1, 0.15) is 28.9 Å². The van der Waals surface area contributed by atoms with Crippen molar-refractivity contribution in [1.29, 1.82) is 0 Å². The highest BCUT2D eigenvalue weighted by Crippen LogP contribution is 2.33. The number of aromatic carboxylic acids is 1. The summed E-state index contributed by atoms with van der Waals surface area (Å²) in [7, 11) is 0. The van der Waals surface area contributed by atoms with Gasteiger partial charge >= 0.3 is 5.97 Å². The maximum absolute atomic E-state index is 10.6. The van der Waals surface area contributed by atoms with Gasteiger partial charge in [-0.1, -0.05) is 6.42 Å². The largest absolute Gasteiger partial charge is 0.477 e. The Morgan fingerprint density at radius 3 is 2.93 bits per heavy atom. The smallest absolute Gasteiger partial charge is 0.345 e. The summed E-state index contributed by atoms with van der Waals surface area (Å²) in [6.07, 6.45) is 4.07. The third-order valence-electron chi connectivity index (χ3n) is 2.50. The number of carboxylic acid groups (broad SMARTS) is 1. The number of carboxylic acids is 1. The van der Waals surface area contributed by atoms with Gasteiger partial charge in [0.15, 0.2) is 0 Å². The molecule has 1 aliphatic rings. The van der Waals surface area contributed by atoms with Crippen LogP contribution in [0, 0.1) is 5.92 Å². The molecule has 4 heteroatoms. The minimum Gasteiger partial charge on any atom is -0.477 e. The molecule has 1 aliphatic carbocycles. The Morgan fingerprint density at radius 2 is 2.43 bits per heavy atom. The first kappa shape index (κ1) is 10.1. The van der Waals surface area contributed by atoms with Crippen LogP contribution in [-0.2, 0) is 0 Å². The molecule has 0 unspecified atom stereocenters. The summed E-state index contributed by atoms with van der Waals surface area (Å²) in [6, 6.07) is 1.77. The summed E-state index contributed by atoms with van der Waals surface area (Å²) >= 11 is 3.10. The van der Waals surface area contributed by atoms with E-state index >= 15 is 0 Å². The van der Waals surface area contributed by atoms with Crippen molar-refractivity contribution in [2.24, 2.45) is 5.92 Å². The molecule has 1 fully saturated rings. The molecule has 0 aliphatic heterocycles. The molecule has 0 amide bonds. The lowest BCUT2D eigenvalue weighted by atomic mass is 9.87. The fourth-order valence-electron chi connectivity index (χ4n) is 1.38. The standard InChI is InChI=1S/C10H12O2S2/c11-10(12)9-4-8(6-14-9)13-5-7-2-1-3-7/h4,6-7H,1-3,5H2,(H,11,12). The van der Waals surface area contributed by atoms with Crippen molar-refractivity contribution in [3.63, 3.8) is 0 Å². The zero-order chi connectivity index (χ0) is 9.97. The van der Waals surface area contributed by atoms with E-state index < -0.39 is 5.97 Å². The predicted molar refractivity (Wildman–Crippen MR) is 59.3 cm³/mol. The van der Waals surface area contributed by atoms with E-state index in [1.54, 1.807) is 17.8 Å². The van der Waals surface area contributed by atoms with Crippen molar-refractivity contribution in [2.75, 3.05) is 5.75 Å². The summed E-state index contributed by atoms with van der Waals surface area (Å²) in [6.45, 7) is 0. The molecule has 0 aromatic carbocycles. The van der Waals surface area contributed by atoms with Crippen LogP contribution < -0.4 is 0 Å². The first-order valence-corrected chi connectivity index (χ1v) is 6.57. The average molecular weight is 228 g/mol. The van der Waals surface area contributed by atoms with Gasteiger partial charge in [-0.3, -0.25) is 0 Å². The molecule has 0 saturated heterocycles. The molecule has 0 radical (unpaired) electrons. The first-order valence-electron chi connectivity index (χ1n) is 4.70. The molecular formula is C10H12O2S2. The fraction of sp³-hybridized carbons (Fsp3) is 0.500. The Kier molecular flexibility index (Phi) is 3.13. The van der Waals surface area contributed by atoms with E-state index in [0.29, 0.717) is 4.88 Å². The van der Waals surface area contributed by atoms with Crippen LogP contribution >= 0.6 is 23.1 Å². The van der Waals surface area contributed by atoms with E-state index in [1.807, 2.05) is 5.38 Å². The highest BCUT2D eigenvalue weighted by Gasteiger charge is 2.17. The van der Waals surface area contributed by atoms with Crippen molar-refractivity contribution in [1.82, 2.24) is 0 Å². The quantitative estimate of drug-likeness (QED) is 0.803. The van der Waals surface area contributed by atoms with E-state index in [-0.39, 0.29) is 0 Å². The highest BCUT2D eigenvalue weighted by atomic mass is 32.2. The number of carbonyl (C=O) groups is 1. The van der Waals surface area contributed by atoms with Crippen LogP contribution in [0.5, 0.6) is 0 Å². The van der Waals surface area contributed by atoms with E-state index in [2.05, 4.69) is 0 Å². The second kappa shape index (κ2) is 4.36. The van der Waals surface area contributed by atoms with Crippen LogP contribution in [0.2, 0.25) is 0 Å². The van der Waals surface area contributed by atoms with E-state index in [1.165, 1.54) is 30.6 Å². The molecule has 1 saturated carbocycles. The molecule has 14 heavy (non-hydrogen) atoms. The SMILES string of the molecule is O=C(O)c1cc(SCC2CCC2)cs1. The molecule has 1 heterocycles. The lowest BCUT2D eigenvalue weighted by Gasteiger charge is -2.24.